The molecule has 21 heavy (non-hydrogen) atoms. The summed E-state index contributed by atoms with van der Waals surface area (Å²) in [6, 6.07) is 6.79. The summed E-state index contributed by atoms with van der Waals surface area (Å²) >= 11 is 0. The third-order valence-electron chi connectivity index (χ3n) is 4.40. The van der Waals surface area contributed by atoms with E-state index in [2.05, 4.69) is 19.9 Å². The van der Waals surface area contributed by atoms with E-state index in [-0.39, 0.29) is 0 Å². The largest absolute Gasteiger partial charge is 0.243 e. The van der Waals surface area contributed by atoms with Crippen LogP contribution in [-0.4, -0.2) is 25.8 Å². The molecule has 0 radical (unpaired) electrons. The van der Waals surface area contributed by atoms with Crippen molar-refractivity contribution in [2.45, 2.75) is 38.5 Å². The maximum absolute atomic E-state index is 12.7. The first-order valence-electron chi connectivity index (χ1n) is 7.37. The Hall–Kier alpha value is -1.38. The van der Waals surface area contributed by atoms with Gasteiger partial charge in [-0.15, -0.1) is 0 Å². The van der Waals surface area contributed by atoms with E-state index in [9.17, 15) is 8.42 Å². The monoisotopic (exact) mass is 306 g/mol. The lowest BCUT2D eigenvalue weighted by molar-refractivity contribution is 0.226. The average molecular weight is 306 g/mol. The van der Waals surface area contributed by atoms with Crippen LogP contribution in [0, 0.1) is 30.1 Å². The summed E-state index contributed by atoms with van der Waals surface area (Å²) in [5, 5.41) is 8.93. The molecule has 1 aliphatic rings. The maximum Gasteiger partial charge on any atom is 0.243 e. The van der Waals surface area contributed by atoms with Crippen LogP contribution < -0.4 is 0 Å². The van der Waals surface area contributed by atoms with Gasteiger partial charge in [0, 0.05) is 13.1 Å². The molecule has 0 aromatic heterocycles. The molecule has 0 unspecified atom stereocenters. The molecule has 1 saturated heterocycles. The number of hydrogen-bond donors (Lipinski definition) is 0. The van der Waals surface area contributed by atoms with Crippen molar-refractivity contribution in [2.75, 3.05) is 13.1 Å². The van der Waals surface area contributed by atoms with Crippen LogP contribution >= 0.6 is 0 Å². The molecule has 1 heterocycles. The predicted octanol–water partition coefficient (Wildman–Crippen LogP) is 2.92. The highest BCUT2D eigenvalue weighted by Gasteiger charge is 2.30. The van der Waals surface area contributed by atoms with Gasteiger partial charge in [-0.3, -0.25) is 0 Å². The Bertz CT molecular complexity index is 651. The number of hydrogen-bond acceptors (Lipinski definition) is 3. The van der Waals surface area contributed by atoms with Crippen molar-refractivity contribution < 1.29 is 8.42 Å². The third kappa shape index (κ3) is 3.28. The molecule has 0 aliphatic carbocycles. The Morgan fingerprint density at radius 2 is 1.90 bits per heavy atom. The van der Waals surface area contributed by atoms with Gasteiger partial charge in [0.25, 0.3) is 0 Å². The van der Waals surface area contributed by atoms with Gasteiger partial charge in [-0.25, -0.2) is 8.42 Å². The van der Waals surface area contributed by atoms with Crippen molar-refractivity contribution in [2.24, 2.45) is 11.8 Å². The number of aryl methyl sites for hydroxylation is 1. The fourth-order valence-electron chi connectivity index (χ4n) is 2.85. The Balaban J connectivity index is 2.20. The number of piperidine rings is 1. The maximum atomic E-state index is 12.7. The summed E-state index contributed by atoms with van der Waals surface area (Å²) < 4.78 is 26.9. The Labute approximate surface area is 127 Å². The van der Waals surface area contributed by atoms with Gasteiger partial charge in [0.15, 0.2) is 0 Å². The zero-order valence-electron chi connectivity index (χ0n) is 12.8. The molecule has 1 aliphatic heterocycles. The summed E-state index contributed by atoms with van der Waals surface area (Å²) in [7, 11) is -3.43. The van der Waals surface area contributed by atoms with Crippen LogP contribution in [0.3, 0.4) is 0 Å². The molecule has 1 aromatic rings. The number of rotatable bonds is 3. The van der Waals surface area contributed by atoms with Gasteiger partial charge in [-0.05, 0) is 55.4 Å². The molecule has 4 nitrogen and oxygen atoms in total. The molecule has 2 rings (SSSR count). The predicted molar refractivity (Wildman–Crippen MR) is 82.2 cm³/mol. The van der Waals surface area contributed by atoms with E-state index in [1.807, 2.05) is 0 Å². The van der Waals surface area contributed by atoms with E-state index in [0.29, 0.717) is 40.9 Å². The van der Waals surface area contributed by atoms with Crippen LogP contribution in [0.2, 0.25) is 0 Å². The first-order chi connectivity index (χ1) is 9.86. The molecule has 114 valence electrons. The summed E-state index contributed by atoms with van der Waals surface area (Å²) in [4.78, 5) is 0.294. The second-order valence-electron chi connectivity index (χ2n) is 6.07. The lowest BCUT2D eigenvalue weighted by atomic mass is 9.87. The fraction of sp³-hybridized carbons (Fsp3) is 0.562. The standard InChI is InChI=1S/C16H22N2O2S/c1-12(2)14-6-8-18(9-7-14)21(19,20)16-5-4-15(11-17)13(3)10-16/h4-5,10,12,14H,6-9H2,1-3H3. The highest BCUT2D eigenvalue weighted by atomic mass is 32.2. The molecule has 0 spiro atoms. The van der Waals surface area contributed by atoms with Crippen LogP contribution in [0.25, 0.3) is 0 Å². The first kappa shape index (κ1) is 16.0. The van der Waals surface area contributed by atoms with E-state index in [1.54, 1.807) is 23.4 Å². The molecular formula is C16H22N2O2S. The van der Waals surface area contributed by atoms with Crippen LogP contribution in [0.5, 0.6) is 0 Å². The summed E-state index contributed by atoms with van der Waals surface area (Å²) in [6.45, 7) is 7.33. The van der Waals surface area contributed by atoms with E-state index < -0.39 is 10.0 Å². The van der Waals surface area contributed by atoms with Crippen molar-refractivity contribution in [3.05, 3.63) is 29.3 Å². The molecule has 0 saturated carbocycles. The van der Waals surface area contributed by atoms with Gasteiger partial charge in [0.05, 0.1) is 16.5 Å². The molecule has 0 atom stereocenters. The molecule has 0 amide bonds. The Morgan fingerprint density at radius 3 is 2.38 bits per heavy atom. The lowest BCUT2D eigenvalue weighted by Gasteiger charge is -2.33. The van der Waals surface area contributed by atoms with Crippen LogP contribution in [-0.2, 0) is 10.0 Å². The molecular weight excluding hydrogens is 284 g/mol. The van der Waals surface area contributed by atoms with E-state index in [0.717, 1.165) is 12.8 Å². The quantitative estimate of drug-likeness (QED) is 0.862. The van der Waals surface area contributed by atoms with E-state index in [4.69, 9.17) is 5.26 Å². The SMILES string of the molecule is Cc1cc(S(=O)(=O)N2CCC(C(C)C)CC2)ccc1C#N. The molecule has 1 aromatic carbocycles. The molecule has 5 heteroatoms. The zero-order valence-corrected chi connectivity index (χ0v) is 13.7. The minimum atomic E-state index is -3.43. The van der Waals surface area contributed by atoms with Crippen molar-refractivity contribution >= 4 is 10.0 Å². The average Bonchev–Trinajstić information content (AvgIpc) is 2.47. The number of nitrogens with zero attached hydrogens (tertiary/aromatic N) is 2. The molecule has 1 fully saturated rings. The first-order valence-corrected chi connectivity index (χ1v) is 8.81. The van der Waals surface area contributed by atoms with E-state index >= 15 is 0 Å². The van der Waals surface area contributed by atoms with Crippen molar-refractivity contribution in [1.82, 2.24) is 4.31 Å². The van der Waals surface area contributed by atoms with Gasteiger partial charge in [-0.1, -0.05) is 13.8 Å². The topological polar surface area (TPSA) is 61.2 Å². The normalized spacial score (nSPS) is 17.9. The molecule has 0 N–H and O–H groups in total. The highest BCUT2D eigenvalue weighted by molar-refractivity contribution is 7.89. The minimum absolute atomic E-state index is 0.294. The van der Waals surface area contributed by atoms with Gasteiger partial charge in [0.2, 0.25) is 10.0 Å². The van der Waals surface area contributed by atoms with Crippen molar-refractivity contribution in [3.8, 4) is 6.07 Å². The van der Waals surface area contributed by atoms with Crippen LogP contribution in [0.1, 0.15) is 37.8 Å². The fourth-order valence-corrected chi connectivity index (χ4v) is 4.41. The van der Waals surface area contributed by atoms with Crippen LogP contribution in [0.15, 0.2) is 23.1 Å². The minimum Gasteiger partial charge on any atom is -0.207 e. The third-order valence-corrected chi connectivity index (χ3v) is 6.29. The van der Waals surface area contributed by atoms with Gasteiger partial charge in [-0.2, -0.15) is 9.57 Å². The highest BCUT2D eigenvalue weighted by Crippen LogP contribution is 2.28. The Kier molecular flexibility index (Phi) is 4.70. The van der Waals surface area contributed by atoms with Gasteiger partial charge >= 0.3 is 0 Å². The van der Waals surface area contributed by atoms with E-state index in [1.165, 1.54) is 6.07 Å². The number of benzene rings is 1. The second kappa shape index (κ2) is 6.17. The van der Waals surface area contributed by atoms with Crippen LogP contribution in [0.4, 0.5) is 0 Å². The molecule has 0 bridgehead atoms. The van der Waals surface area contributed by atoms with Crippen molar-refractivity contribution in [3.63, 3.8) is 0 Å². The van der Waals surface area contributed by atoms with Gasteiger partial charge < -0.3 is 0 Å². The van der Waals surface area contributed by atoms with Gasteiger partial charge in [0.1, 0.15) is 0 Å². The summed E-state index contributed by atoms with van der Waals surface area (Å²) in [5.41, 5.74) is 1.23. The lowest BCUT2D eigenvalue weighted by Crippen LogP contribution is -2.39. The second-order valence-corrected chi connectivity index (χ2v) is 8.01. The number of nitriles is 1. The van der Waals surface area contributed by atoms with Crippen molar-refractivity contribution in [1.29, 1.82) is 5.26 Å². The number of sulfonamides is 1. The summed E-state index contributed by atoms with van der Waals surface area (Å²) in [6.07, 6.45) is 1.85. The zero-order chi connectivity index (χ0) is 15.6. The smallest absolute Gasteiger partial charge is 0.207 e. The summed E-state index contributed by atoms with van der Waals surface area (Å²) in [5.74, 6) is 1.21. The Morgan fingerprint density at radius 1 is 1.29 bits per heavy atom.